The minimum Gasteiger partial charge on any atom is -0.490 e. The second kappa shape index (κ2) is 9.22. The number of amides is 1. The molecule has 4 rings (SSSR count). The average molecular weight is 415 g/mol. The van der Waals surface area contributed by atoms with Gasteiger partial charge in [-0.1, -0.05) is 31.0 Å². The number of para-hydroxylation sites is 1. The molecule has 2 fully saturated rings. The molecule has 1 aliphatic carbocycles. The largest absolute Gasteiger partial charge is 0.490 e. The molecule has 1 aromatic carbocycles. The Morgan fingerprint density at radius 3 is 2.62 bits per heavy atom. The predicted molar refractivity (Wildman–Crippen MR) is 117 cm³/mol. The molecular formula is C22H30N4O2S. The molecule has 1 saturated carbocycles. The van der Waals surface area contributed by atoms with Gasteiger partial charge in [-0.15, -0.1) is 0 Å². The van der Waals surface area contributed by atoms with Crippen molar-refractivity contribution in [2.75, 3.05) is 37.7 Å². The molecule has 0 radical (unpaired) electrons. The number of nitrogens with one attached hydrogen (secondary N) is 1. The number of nitrogens with zero attached hydrogens (tertiary/aromatic N) is 3. The van der Waals surface area contributed by atoms with Gasteiger partial charge in [-0.3, -0.25) is 9.69 Å². The summed E-state index contributed by atoms with van der Waals surface area (Å²) in [6.45, 7) is 5.33. The van der Waals surface area contributed by atoms with Gasteiger partial charge in [0.25, 0.3) is 5.91 Å². The van der Waals surface area contributed by atoms with E-state index in [2.05, 4.69) is 15.3 Å². The third kappa shape index (κ3) is 4.46. The summed E-state index contributed by atoms with van der Waals surface area (Å²) in [6.07, 6.45) is 6.60. The van der Waals surface area contributed by atoms with Crippen LogP contribution in [0.1, 0.15) is 43.1 Å². The fraction of sp³-hybridized carbons (Fsp3) is 0.545. The molecule has 29 heavy (non-hydrogen) atoms. The van der Waals surface area contributed by atoms with Gasteiger partial charge in [0, 0.05) is 36.7 Å². The summed E-state index contributed by atoms with van der Waals surface area (Å²) in [5.41, 5.74) is 1.37. The Bertz CT molecular complexity index is 811. The van der Waals surface area contributed by atoms with E-state index in [9.17, 15) is 4.79 Å². The zero-order valence-corrected chi connectivity index (χ0v) is 17.9. The lowest BCUT2D eigenvalue weighted by molar-refractivity contribution is 0.0810. The molecule has 0 unspecified atom stereocenters. The van der Waals surface area contributed by atoms with Crippen LogP contribution in [0.25, 0.3) is 5.69 Å². The molecule has 1 amide bonds. The van der Waals surface area contributed by atoms with Crippen LogP contribution in [-0.4, -0.2) is 63.9 Å². The van der Waals surface area contributed by atoms with Gasteiger partial charge in [0.2, 0.25) is 0 Å². The van der Waals surface area contributed by atoms with Crippen molar-refractivity contribution in [1.29, 1.82) is 0 Å². The van der Waals surface area contributed by atoms with Crippen LogP contribution in [0.2, 0.25) is 0 Å². The fourth-order valence-corrected chi connectivity index (χ4v) is 5.40. The minimum atomic E-state index is -0.152. The fourth-order valence-electron chi connectivity index (χ4n) is 4.49. The van der Waals surface area contributed by atoms with Crippen molar-refractivity contribution >= 4 is 17.7 Å². The van der Waals surface area contributed by atoms with Crippen LogP contribution in [0.5, 0.6) is 5.75 Å². The summed E-state index contributed by atoms with van der Waals surface area (Å²) < 4.78 is 7.43. The van der Waals surface area contributed by atoms with E-state index in [1.165, 1.54) is 24.3 Å². The number of benzene rings is 1. The van der Waals surface area contributed by atoms with E-state index < -0.39 is 0 Å². The van der Waals surface area contributed by atoms with Crippen LogP contribution < -0.4 is 10.1 Å². The van der Waals surface area contributed by atoms with Crippen molar-refractivity contribution in [3.63, 3.8) is 0 Å². The van der Waals surface area contributed by atoms with Gasteiger partial charge in [0.1, 0.15) is 0 Å². The Kier molecular flexibility index (Phi) is 6.45. The number of ether oxygens (including phenoxy) is 1. The summed E-state index contributed by atoms with van der Waals surface area (Å²) in [4.78, 5) is 15.7. The average Bonchev–Trinajstić information content (AvgIpc) is 3.42. The van der Waals surface area contributed by atoms with E-state index in [0.717, 1.165) is 31.6 Å². The lowest BCUT2D eigenvalue weighted by atomic mass is 9.94. The molecule has 2 heterocycles. The molecule has 1 saturated heterocycles. The molecule has 7 heteroatoms. The van der Waals surface area contributed by atoms with E-state index in [1.807, 2.05) is 49.0 Å². The number of carbonyl (C=O) groups excluding carboxylic acids is 1. The van der Waals surface area contributed by atoms with Gasteiger partial charge in [-0.2, -0.15) is 16.9 Å². The molecule has 0 atom stereocenters. The Balaban J connectivity index is 1.50. The molecule has 2 aromatic rings. The van der Waals surface area contributed by atoms with Crippen molar-refractivity contribution in [2.24, 2.45) is 0 Å². The molecular weight excluding hydrogens is 384 g/mol. The lowest BCUT2D eigenvalue weighted by Gasteiger charge is -2.43. The normalized spacial score (nSPS) is 19.2. The zero-order valence-electron chi connectivity index (χ0n) is 17.1. The SMILES string of the molecule is CCOc1cn(-c2ccccc2)nc1C(=O)NCC1(N2CCSCC2)CCCC1. The van der Waals surface area contributed by atoms with Crippen molar-refractivity contribution < 1.29 is 9.53 Å². The van der Waals surface area contributed by atoms with Crippen LogP contribution >= 0.6 is 11.8 Å². The van der Waals surface area contributed by atoms with Gasteiger partial charge in [-0.25, -0.2) is 4.68 Å². The standard InChI is InChI=1S/C22H30N4O2S/c1-2-28-19-16-26(18-8-4-3-5-9-18)24-20(19)21(27)23-17-22(10-6-7-11-22)25-12-14-29-15-13-25/h3-5,8-9,16H,2,6-7,10-15,17H2,1H3,(H,23,27). The van der Waals surface area contributed by atoms with Gasteiger partial charge < -0.3 is 10.1 Å². The molecule has 1 N–H and O–H groups in total. The molecule has 156 valence electrons. The number of hydrogen-bond acceptors (Lipinski definition) is 5. The topological polar surface area (TPSA) is 59.4 Å². The molecule has 6 nitrogen and oxygen atoms in total. The smallest absolute Gasteiger partial charge is 0.275 e. The van der Waals surface area contributed by atoms with Crippen LogP contribution in [-0.2, 0) is 0 Å². The van der Waals surface area contributed by atoms with Crippen LogP contribution in [0.3, 0.4) is 0 Å². The third-order valence-corrected chi connectivity index (χ3v) is 6.95. The van der Waals surface area contributed by atoms with E-state index in [-0.39, 0.29) is 11.4 Å². The quantitative estimate of drug-likeness (QED) is 0.753. The maximum absolute atomic E-state index is 13.1. The van der Waals surface area contributed by atoms with Gasteiger partial charge in [0.15, 0.2) is 11.4 Å². The molecule has 1 aliphatic heterocycles. The van der Waals surface area contributed by atoms with E-state index in [1.54, 1.807) is 10.9 Å². The summed E-state index contributed by atoms with van der Waals surface area (Å²) in [6, 6.07) is 9.80. The highest BCUT2D eigenvalue weighted by Crippen LogP contribution is 2.36. The van der Waals surface area contributed by atoms with Crippen molar-refractivity contribution in [1.82, 2.24) is 20.0 Å². The number of carbonyl (C=O) groups is 1. The maximum Gasteiger partial charge on any atom is 0.275 e. The molecule has 1 aromatic heterocycles. The number of hydrogen-bond donors (Lipinski definition) is 1. The first kappa shape index (κ1) is 20.3. The first-order valence-electron chi connectivity index (χ1n) is 10.6. The van der Waals surface area contributed by atoms with E-state index in [4.69, 9.17) is 4.74 Å². The third-order valence-electron chi connectivity index (χ3n) is 6.01. The summed E-state index contributed by atoms with van der Waals surface area (Å²) in [5.74, 6) is 2.75. The number of thioether (sulfide) groups is 1. The van der Waals surface area contributed by atoms with E-state index >= 15 is 0 Å². The Hall–Kier alpha value is -1.99. The summed E-state index contributed by atoms with van der Waals surface area (Å²) in [5, 5.41) is 7.74. The monoisotopic (exact) mass is 414 g/mol. The first-order valence-corrected chi connectivity index (χ1v) is 11.8. The lowest BCUT2D eigenvalue weighted by Crippen LogP contribution is -2.56. The molecule has 0 spiro atoms. The predicted octanol–water partition coefficient (Wildman–Crippen LogP) is 3.36. The molecule has 0 bridgehead atoms. The zero-order chi connectivity index (χ0) is 20.1. The highest BCUT2D eigenvalue weighted by atomic mass is 32.2. The summed E-state index contributed by atoms with van der Waals surface area (Å²) in [7, 11) is 0. The van der Waals surface area contributed by atoms with Crippen molar-refractivity contribution in [3.8, 4) is 11.4 Å². The van der Waals surface area contributed by atoms with Crippen molar-refractivity contribution in [3.05, 3.63) is 42.2 Å². The Morgan fingerprint density at radius 2 is 1.93 bits per heavy atom. The number of aromatic nitrogens is 2. The Morgan fingerprint density at radius 1 is 1.21 bits per heavy atom. The first-order chi connectivity index (χ1) is 14.2. The number of rotatable bonds is 7. The van der Waals surface area contributed by atoms with E-state index in [0.29, 0.717) is 24.6 Å². The highest BCUT2D eigenvalue weighted by Gasteiger charge is 2.40. The van der Waals surface area contributed by atoms with Gasteiger partial charge in [-0.05, 0) is 31.9 Å². The molecule has 2 aliphatic rings. The van der Waals surface area contributed by atoms with Gasteiger partial charge >= 0.3 is 0 Å². The van der Waals surface area contributed by atoms with Gasteiger partial charge in [0.05, 0.1) is 18.5 Å². The maximum atomic E-state index is 13.1. The van der Waals surface area contributed by atoms with Crippen LogP contribution in [0.4, 0.5) is 0 Å². The highest BCUT2D eigenvalue weighted by molar-refractivity contribution is 7.99. The second-order valence-electron chi connectivity index (χ2n) is 7.77. The summed E-state index contributed by atoms with van der Waals surface area (Å²) >= 11 is 2.03. The van der Waals surface area contributed by atoms with Crippen LogP contribution in [0, 0.1) is 0 Å². The van der Waals surface area contributed by atoms with Crippen LogP contribution in [0.15, 0.2) is 36.5 Å². The minimum absolute atomic E-state index is 0.102. The Labute approximate surface area is 177 Å². The van der Waals surface area contributed by atoms with Crippen molar-refractivity contribution in [2.45, 2.75) is 38.1 Å². The second-order valence-corrected chi connectivity index (χ2v) is 8.99.